The van der Waals surface area contributed by atoms with Gasteiger partial charge in [0, 0.05) is 12.6 Å². The molecule has 230 valence electrons. The van der Waals surface area contributed by atoms with E-state index in [1.54, 1.807) is 50.4 Å². The summed E-state index contributed by atoms with van der Waals surface area (Å²) in [6, 6.07) is 17.3. The zero-order chi connectivity index (χ0) is 31.1. The number of anilines is 1. The summed E-state index contributed by atoms with van der Waals surface area (Å²) in [7, 11) is -1.21. The van der Waals surface area contributed by atoms with E-state index in [1.807, 2.05) is 13.0 Å². The Balaban J connectivity index is 1.72. The maximum atomic E-state index is 14.2. The fraction of sp³-hybridized carbons (Fsp3) is 0.375. The van der Waals surface area contributed by atoms with E-state index >= 15 is 0 Å². The number of carbonyl (C=O) groups is 2. The molecule has 9 nitrogen and oxygen atoms in total. The van der Waals surface area contributed by atoms with Crippen LogP contribution in [0.15, 0.2) is 71.6 Å². The Morgan fingerprint density at radius 1 is 1.00 bits per heavy atom. The smallest absolute Gasteiger partial charge is 0.264 e. The van der Waals surface area contributed by atoms with Gasteiger partial charge in [0.05, 0.1) is 29.8 Å². The summed E-state index contributed by atoms with van der Waals surface area (Å²) in [6.45, 7) is 3.02. The van der Waals surface area contributed by atoms with Crippen LogP contribution in [-0.2, 0) is 26.2 Å². The molecule has 1 aliphatic rings. The Morgan fingerprint density at radius 3 is 2.33 bits per heavy atom. The minimum absolute atomic E-state index is 0.0178. The Bertz CT molecular complexity index is 1540. The number of aryl methyl sites for hydroxylation is 1. The van der Waals surface area contributed by atoms with Gasteiger partial charge in [-0.1, -0.05) is 54.3 Å². The lowest BCUT2D eigenvalue weighted by atomic mass is 10.1. The molecule has 1 atom stereocenters. The lowest BCUT2D eigenvalue weighted by Crippen LogP contribution is -2.52. The summed E-state index contributed by atoms with van der Waals surface area (Å²) < 4.78 is 39.7. The highest BCUT2D eigenvalue weighted by atomic mass is 35.5. The number of hydrogen-bond acceptors (Lipinski definition) is 6. The second-order valence-corrected chi connectivity index (χ2v) is 13.0. The zero-order valence-corrected chi connectivity index (χ0v) is 26.5. The fourth-order valence-corrected chi connectivity index (χ4v) is 6.78. The van der Waals surface area contributed by atoms with Gasteiger partial charge in [-0.3, -0.25) is 13.9 Å². The van der Waals surface area contributed by atoms with Crippen molar-refractivity contribution in [2.75, 3.05) is 25.1 Å². The van der Waals surface area contributed by atoms with Gasteiger partial charge in [-0.25, -0.2) is 8.42 Å². The van der Waals surface area contributed by atoms with Crippen molar-refractivity contribution in [3.05, 3.63) is 82.9 Å². The largest absolute Gasteiger partial charge is 0.497 e. The topological polar surface area (TPSA) is 105 Å². The Morgan fingerprint density at radius 2 is 1.70 bits per heavy atom. The molecule has 4 rings (SSSR count). The van der Waals surface area contributed by atoms with E-state index in [2.05, 4.69) is 5.32 Å². The molecule has 3 aromatic carbocycles. The predicted octanol–water partition coefficient (Wildman–Crippen LogP) is 5.34. The van der Waals surface area contributed by atoms with E-state index in [0.29, 0.717) is 11.5 Å². The molecule has 43 heavy (non-hydrogen) atoms. The molecule has 1 fully saturated rings. The van der Waals surface area contributed by atoms with E-state index in [-0.39, 0.29) is 34.1 Å². The third kappa shape index (κ3) is 7.80. The first-order valence-corrected chi connectivity index (χ1v) is 16.0. The highest BCUT2D eigenvalue weighted by molar-refractivity contribution is 7.92. The number of nitrogens with zero attached hydrogens (tertiary/aromatic N) is 2. The average molecular weight is 628 g/mol. The number of rotatable bonds is 12. The summed E-state index contributed by atoms with van der Waals surface area (Å²) >= 11 is 6.39. The van der Waals surface area contributed by atoms with Crippen molar-refractivity contribution < 1.29 is 27.5 Å². The van der Waals surface area contributed by atoms with Crippen LogP contribution < -0.4 is 19.1 Å². The molecule has 0 radical (unpaired) electrons. The monoisotopic (exact) mass is 627 g/mol. The molecule has 0 heterocycles. The normalized spacial score (nSPS) is 14.2. The number of amides is 2. The van der Waals surface area contributed by atoms with Crippen LogP contribution in [0.25, 0.3) is 0 Å². The van der Waals surface area contributed by atoms with Gasteiger partial charge in [-0.05, 0) is 74.7 Å². The third-order valence-corrected chi connectivity index (χ3v) is 9.75. The van der Waals surface area contributed by atoms with Gasteiger partial charge in [-0.2, -0.15) is 0 Å². The lowest BCUT2D eigenvalue weighted by Gasteiger charge is -2.32. The molecule has 0 aliphatic heterocycles. The number of nitrogens with one attached hydrogen (secondary N) is 1. The maximum absolute atomic E-state index is 14.2. The minimum atomic E-state index is -4.22. The highest BCUT2D eigenvalue weighted by Crippen LogP contribution is 2.32. The van der Waals surface area contributed by atoms with Gasteiger partial charge in [0.25, 0.3) is 10.0 Å². The van der Waals surface area contributed by atoms with Crippen LogP contribution in [0, 0.1) is 6.92 Å². The van der Waals surface area contributed by atoms with Crippen molar-refractivity contribution in [3.8, 4) is 11.5 Å². The maximum Gasteiger partial charge on any atom is 0.264 e. The standard InChI is InChI=1S/C32H38ClN3O6S/c1-22-12-15-28(16-13-22)43(39,40)36(26-14-17-30(42-4)29(33)19-26)21-31(37)35(20-24-8-7-11-27(18-24)41-3)23(2)32(38)34-25-9-5-6-10-25/h7-8,11-19,23,25H,5-6,9-10,20-21H2,1-4H3,(H,34,38). The number of methoxy groups -OCH3 is 2. The zero-order valence-electron chi connectivity index (χ0n) is 24.9. The molecule has 0 bridgehead atoms. The van der Waals surface area contributed by atoms with Crippen molar-refractivity contribution in [1.29, 1.82) is 0 Å². The minimum Gasteiger partial charge on any atom is -0.497 e. The molecule has 0 spiro atoms. The fourth-order valence-electron chi connectivity index (χ4n) is 5.12. The molecular weight excluding hydrogens is 590 g/mol. The van der Waals surface area contributed by atoms with Gasteiger partial charge in [0.1, 0.15) is 24.1 Å². The Hall–Kier alpha value is -3.76. The summed E-state index contributed by atoms with van der Waals surface area (Å²) in [5.41, 5.74) is 1.80. The molecule has 11 heteroatoms. The van der Waals surface area contributed by atoms with Crippen LogP contribution in [0.4, 0.5) is 5.69 Å². The van der Waals surface area contributed by atoms with Crippen molar-refractivity contribution in [3.63, 3.8) is 0 Å². The second-order valence-electron chi connectivity index (χ2n) is 10.7. The van der Waals surface area contributed by atoms with Gasteiger partial charge < -0.3 is 19.7 Å². The van der Waals surface area contributed by atoms with E-state index < -0.39 is 28.5 Å². The summed E-state index contributed by atoms with van der Waals surface area (Å²) in [5.74, 6) is 0.119. The highest BCUT2D eigenvalue weighted by Gasteiger charge is 2.33. The van der Waals surface area contributed by atoms with E-state index in [9.17, 15) is 18.0 Å². The van der Waals surface area contributed by atoms with Gasteiger partial charge in [0.2, 0.25) is 11.8 Å². The lowest BCUT2D eigenvalue weighted by molar-refractivity contribution is -0.139. The molecule has 1 saturated carbocycles. The van der Waals surface area contributed by atoms with Crippen LogP contribution in [0.2, 0.25) is 5.02 Å². The molecule has 1 unspecified atom stereocenters. The Kier molecular flexibility index (Phi) is 10.6. The Labute approximate surface area is 258 Å². The molecule has 2 amide bonds. The molecule has 1 aliphatic carbocycles. The first-order chi connectivity index (χ1) is 20.5. The SMILES string of the molecule is COc1cccc(CN(C(=O)CN(c2ccc(OC)c(Cl)c2)S(=O)(=O)c2ccc(C)cc2)C(C)C(=O)NC2CCCC2)c1. The molecule has 0 aromatic heterocycles. The van der Waals surface area contributed by atoms with Crippen molar-refractivity contribution >= 4 is 39.1 Å². The van der Waals surface area contributed by atoms with Gasteiger partial charge in [-0.15, -0.1) is 0 Å². The average Bonchev–Trinajstić information content (AvgIpc) is 3.51. The van der Waals surface area contributed by atoms with Crippen LogP contribution in [0.1, 0.15) is 43.7 Å². The van der Waals surface area contributed by atoms with Crippen LogP contribution >= 0.6 is 11.6 Å². The quantitative estimate of drug-likeness (QED) is 0.291. The predicted molar refractivity (Wildman–Crippen MR) is 167 cm³/mol. The molecular formula is C32H38ClN3O6S. The summed E-state index contributed by atoms with van der Waals surface area (Å²) in [6.07, 6.45) is 3.87. The van der Waals surface area contributed by atoms with Crippen molar-refractivity contribution in [1.82, 2.24) is 10.2 Å². The van der Waals surface area contributed by atoms with Gasteiger partial charge >= 0.3 is 0 Å². The first kappa shape index (κ1) is 32.2. The van der Waals surface area contributed by atoms with Crippen LogP contribution in [0.3, 0.4) is 0 Å². The molecule has 3 aromatic rings. The number of carbonyl (C=O) groups excluding carboxylic acids is 2. The molecule has 1 N–H and O–H groups in total. The summed E-state index contributed by atoms with van der Waals surface area (Å²) in [4.78, 5) is 29.0. The number of halogens is 1. The summed E-state index contributed by atoms with van der Waals surface area (Å²) in [5, 5.41) is 3.26. The van der Waals surface area contributed by atoms with Crippen molar-refractivity contribution in [2.24, 2.45) is 0 Å². The number of ether oxygens (including phenoxy) is 2. The first-order valence-electron chi connectivity index (χ1n) is 14.2. The van der Waals surface area contributed by atoms with E-state index in [0.717, 1.165) is 41.1 Å². The van der Waals surface area contributed by atoms with Crippen molar-refractivity contribution in [2.45, 2.75) is 63.1 Å². The number of sulfonamides is 1. The number of benzene rings is 3. The van der Waals surface area contributed by atoms with Crippen LogP contribution in [0.5, 0.6) is 11.5 Å². The number of hydrogen-bond donors (Lipinski definition) is 1. The third-order valence-electron chi connectivity index (χ3n) is 7.67. The van der Waals surface area contributed by atoms with E-state index in [1.165, 1.54) is 36.3 Å². The molecule has 0 saturated heterocycles. The van der Waals surface area contributed by atoms with Gasteiger partial charge in [0.15, 0.2) is 0 Å². The second kappa shape index (κ2) is 14.1. The van der Waals surface area contributed by atoms with E-state index in [4.69, 9.17) is 21.1 Å². The van der Waals surface area contributed by atoms with Crippen LogP contribution in [-0.4, -0.2) is 58.0 Å².